The first-order valence-corrected chi connectivity index (χ1v) is 8.89. The first-order valence-electron chi connectivity index (χ1n) is 8.89. The predicted molar refractivity (Wildman–Crippen MR) is 111 cm³/mol. The number of carbonyl (C=O) groups is 1. The summed E-state index contributed by atoms with van der Waals surface area (Å²) in [5, 5.41) is 22.9. The predicted octanol–water partition coefficient (Wildman–Crippen LogP) is 3.71. The van der Waals surface area contributed by atoms with Gasteiger partial charge in [-0.25, -0.2) is 5.43 Å². The smallest absolute Gasteiger partial charge is 0.289 e. The number of aromatic amines is 1. The highest BCUT2D eigenvalue weighted by molar-refractivity contribution is 5.94. The van der Waals surface area contributed by atoms with Crippen LogP contribution in [0.1, 0.15) is 16.1 Å². The van der Waals surface area contributed by atoms with Gasteiger partial charge in [-0.1, -0.05) is 36.4 Å². The lowest BCUT2D eigenvalue weighted by molar-refractivity contribution is 0.0950. The summed E-state index contributed by atoms with van der Waals surface area (Å²) < 4.78 is 4.99. The molecule has 7 heteroatoms. The molecule has 144 valence electrons. The molecule has 1 aromatic heterocycles. The SMILES string of the molecule is COc1ccc(C=NNC(=O)c2cc(-c3ccc4ccccc4c3)n[nH]2)cc1O. The van der Waals surface area contributed by atoms with Gasteiger partial charge in [0, 0.05) is 5.56 Å². The van der Waals surface area contributed by atoms with Crippen molar-refractivity contribution in [2.45, 2.75) is 0 Å². The van der Waals surface area contributed by atoms with Gasteiger partial charge in [-0.2, -0.15) is 10.2 Å². The van der Waals surface area contributed by atoms with E-state index >= 15 is 0 Å². The summed E-state index contributed by atoms with van der Waals surface area (Å²) in [4.78, 5) is 12.3. The number of phenolic OH excluding ortho intramolecular Hbond substituents is 1. The van der Waals surface area contributed by atoms with Gasteiger partial charge in [0.2, 0.25) is 0 Å². The van der Waals surface area contributed by atoms with Gasteiger partial charge < -0.3 is 9.84 Å². The molecule has 4 aromatic rings. The summed E-state index contributed by atoms with van der Waals surface area (Å²) in [6.45, 7) is 0. The Morgan fingerprint density at radius 2 is 1.93 bits per heavy atom. The van der Waals surface area contributed by atoms with Crippen molar-refractivity contribution < 1.29 is 14.6 Å². The number of phenols is 1. The van der Waals surface area contributed by atoms with E-state index in [1.165, 1.54) is 19.4 Å². The number of amides is 1. The third-order valence-electron chi connectivity index (χ3n) is 4.45. The fraction of sp³-hybridized carbons (Fsp3) is 0.0455. The molecule has 0 spiro atoms. The number of nitrogens with one attached hydrogen (secondary N) is 2. The number of hydrazone groups is 1. The molecule has 3 aromatic carbocycles. The van der Waals surface area contributed by atoms with E-state index in [9.17, 15) is 9.90 Å². The zero-order valence-corrected chi connectivity index (χ0v) is 15.6. The fourth-order valence-electron chi connectivity index (χ4n) is 2.95. The molecule has 0 saturated heterocycles. The molecule has 29 heavy (non-hydrogen) atoms. The normalized spacial score (nSPS) is 11.1. The highest BCUT2D eigenvalue weighted by atomic mass is 16.5. The summed E-state index contributed by atoms with van der Waals surface area (Å²) in [5.41, 5.74) is 4.93. The molecule has 0 bridgehead atoms. The summed E-state index contributed by atoms with van der Waals surface area (Å²) in [6.07, 6.45) is 1.43. The standard InChI is InChI=1S/C22H18N4O3/c1-29-21-9-6-14(10-20(21)27)13-23-26-22(28)19-12-18(24-25-19)17-8-7-15-4-2-3-5-16(15)11-17/h2-13,27H,1H3,(H,24,25)(H,26,28). The average molecular weight is 386 g/mol. The molecule has 0 aliphatic heterocycles. The van der Waals surface area contributed by atoms with Crippen LogP contribution in [0.5, 0.6) is 11.5 Å². The highest BCUT2D eigenvalue weighted by Crippen LogP contribution is 2.25. The molecule has 0 unspecified atom stereocenters. The molecule has 0 aliphatic rings. The number of aromatic nitrogens is 2. The van der Waals surface area contributed by atoms with Crippen molar-refractivity contribution in [2.75, 3.05) is 7.11 Å². The number of aromatic hydroxyl groups is 1. The van der Waals surface area contributed by atoms with Gasteiger partial charge in [0.15, 0.2) is 11.5 Å². The zero-order valence-electron chi connectivity index (χ0n) is 15.6. The summed E-state index contributed by atoms with van der Waals surface area (Å²) in [7, 11) is 1.47. The Labute approximate surface area is 166 Å². The number of H-pyrrole nitrogens is 1. The van der Waals surface area contributed by atoms with Gasteiger partial charge in [0.1, 0.15) is 5.69 Å². The molecule has 7 nitrogen and oxygen atoms in total. The molecule has 1 amide bonds. The number of methoxy groups -OCH3 is 1. The Kier molecular flexibility index (Phi) is 4.94. The maximum Gasteiger partial charge on any atom is 0.289 e. The number of nitrogens with zero attached hydrogens (tertiary/aromatic N) is 2. The van der Waals surface area contributed by atoms with Crippen LogP contribution in [0, 0.1) is 0 Å². The lowest BCUT2D eigenvalue weighted by atomic mass is 10.1. The number of carbonyl (C=O) groups excluding carboxylic acids is 1. The number of ether oxygens (including phenoxy) is 1. The molecular formula is C22H18N4O3. The first kappa shape index (κ1) is 18.2. The van der Waals surface area contributed by atoms with Crippen LogP contribution in [0.4, 0.5) is 0 Å². The lowest BCUT2D eigenvalue weighted by Crippen LogP contribution is -2.17. The topological polar surface area (TPSA) is 99.6 Å². The van der Waals surface area contributed by atoms with Gasteiger partial charge in [0.25, 0.3) is 5.91 Å². The monoisotopic (exact) mass is 386 g/mol. The summed E-state index contributed by atoms with van der Waals surface area (Å²) in [6, 6.07) is 20.6. The lowest BCUT2D eigenvalue weighted by Gasteiger charge is -2.03. The van der Waals surface area contributed by atoms with Crippen molar-refractivity contribution in [1.29, 1.82) is 0 Å². The van der Waals surface area contributed by atoms with E-state index < -0.39 is 5.91 Å². The van der Waals surface area contributed by atoms with Crippen LogP contribution in [0.3, 0.4) is 0 Å². The minimum absolute atomic E-state index is 0.00336. The van der Waals surface area contributed by atoms with E-state index in [4.69, 9.17) is 4.74 Å². The fourth-order valence-corrected chi connectivity index (χ4v) is 2.95. The van der Waals surface area contributed by atoms with Gasteiger partial charge in [-0.05, 0) is 46.7 Å². The van der Waals surface area contributed by atoms with Gasteiger partial charge >= 0.3 is 0 Å². The first-order chi connectivity index (χ1) is 14.1. The number of hydrogen-bond donors (Lipinski definition) is 3. The quantitative estimate of drug-likeness (QED) is 0.360. The Morgan fingerprint density at radius 1 is 1.10 bits per heavy atom. The minimum Gasteiger partial charge on any atom is -0.504 e. The maximum atomic E-state index is 12.3. The molecule has 0 saturated carbocycles. The van der Waals surface area contributed by atoms with E-state index in [0.717, 1.165) is 16.3 Å². The molecule has 0 fully saturated rings. The number of benzene rings is 3. The van der Waals surface area contributed by atoms with Crippen LogP contribution < -0.4 is 10.2 Å². The number of fused-ring (bicyclic) bond motifs is 1. The van der Waals surface area contributed by atoms with Gasteiger partial charge in [-0.3, -0.25) is 9.89 Å². The van der Waals surface area contributed by atoms with Crippen LogP contribution in [0.15, 0.2) is 71.8 Å². The van der Waals surface area contributed by atoms with Crippen LogP contribution in [0.25, 0.3) is 22.0 Å². The number of hydrogen-bond acceptors (Lipinski definition) is 5. The van der Waals surface area contributed by atoms with Crippen molar-refractivity contribution in [2.24, 2.45) is 5.10 Å². The second-order valence-electron chi connectivity index (χ2n) is 6.36. The Bertz CT molecular complexity index is 1210. The largest absolute Gasteiger partial charge is 0.504 e. The van der Waals surface area contributed by atoms with E-state index in [1.807, 2.05) is 42.5 Å². The summed E-state index contributed by atoms with van der Waals surface area (Å²) in [5.74, 6) is -0.0558. The average Bonchev–Trinajstić information content (AvgIpc) is 3.24. The van der Waals surface area contributed by atoms with Crippen molar-refractivity contribution in [3.05, 3.63) is 78.0 Å². The third-order valence-corrected chi connectivity index (χ3v) is 4.45. The van der Waals surface area contributed by atoms with Crippen LogP contribution in [-0.2, 0) is 0 Å². The Balaban J connectivity index is 1.46. The minimum atomic E-state index is -0.418. The van der Waals surface area contributed by atoms with E-state index in [2.05, 4.69) is 20.7 Å². The molecule has 0 atom stereocenters. The maximum absolute atomic E-state index is 12.3. The molecular weight excluding hydrogens is 368 g/mol. The van der Waals surface area contributed by atoms with Gasteiger partial charge in [-0.15, -0.1) is 0 Å². The third kappa shape index (κ3) is 3.93. The van der Waals surface area contributed by atoms with E-state index in [0.29, 0.717) is 22.7 Å². The number of rotatable bonds is 5. The zero-order chi connectivity index (χ0) is 20.2. The van der Waals surface area contributed by atoms with Crippen molar-refractivity contribution >= 4 is 22.9 Å². The second-order valence-corrected chi connectivity index (χ2v) is 6.36. The Morgan fingerprint density at radius 3 is 2.72 bits per heavy atom. The molecule has 0 radical (unpaired) electrons. The molecule has 0 aliphatic carbocycles. The van der Waals surface area contributed by atoms with Crippen LogP contribution >= 0.6 is 0 Å². The highest BCUT2D eigenvalue weighted by Gasteiger charge is 2.11. The molecule has 1 heterocycles. The van der Waals surface area contributed by atoms with Crippen molar-refractivity contribution in [3.63, 3.8) is 0 Å². The van der Waals surface area contributed by atoms with Gasteiger partial charge in [0.05, 0.1) is 19.0 Å². The molecule has 3 N–H and O–H groups in total. The van der Waals surface area contributed by atoms with Crippen LogP contribution in [0.2, 0.25) is 0 Å². The van der Waals surface area contributed by atoms with Crippen molar-refractivity contribution in [3.8, 4) is 22.8 Å². The summed E-state index contributed by atoms with van der Waals surface area (Å²) >= 11 is 0. The van der Waals surface area contributed by atoms with Crippen LogP contribution in [-0.4, -0.2) is 34.5 Å². The second kappa shape index (κ2) is 7.85. The Hall–Kier alpha value is -4.13. The molecule has 4 rings (SSSR count). The van der Waals surface area contributed by atoms with E-state index in [1.54, 1.807) is 18.2 Å². The van der Waals surface area contributed by atoms with Crippen molar-refractivity contribution in [1.82, 2.24) is 15.6 Å². The van der Waals surface area contributed by atoms with E-state index in [-0.39, 0.29) is 5.75 Å².